The van der Waals surface area contributed by atoms with Gasteiger partial charge in [-0.05, 0) is 26.5 Å². The molecule has 0 spiro atoms. The van der Waals surface area contributed by atoms with Crippen LogP contribution in [-0.2, 0) is 4.74 Å². The summed E-state index contributed by atoms with van der Waals surface area (Å²) in [6.07, 6.45) is 0.885. The maximum Gasteiger partial charge on any atom is 0.200 e. The zero-order valence-corrected chi connectivity index (χ0v) is 17.8. The van der Waals surface area contributed by atoms with Gasteiger partial charge in [-0.2, -0.15) is 0 Å². The van der Waals surface area contributed by atoms with Crippen molar-refractivity contribution in [3.8, 4) is 5.75 Å². The highest BCUT2D eigenvalue weighted by Gasteiger charge is 2.20. The van der Waals surface area contributed by atoms with Crippen LogP contribution in [0.1, 0.15) is 12.0 Å². The molecule has 0 aliphatic carbocycles. The van der Waals surface area contributed by atoms with E-state index in [4.69, 9.17) is 25.5 Å². The standard InChI is InChI=1S/C21H28ClN3O4/c1-14-20-16(18(26)12-19(29-20)25-6-9-27-10-7-25)11-17(22)21(14)28-8-3-15-13-24(2)5-4-23-15/h11-12,15,23H,3-10,13H2,1-2H3. The van der Waals surface area contributed by atoms with Crippen LogP contribution < -0.4 is 20.4 Å². The number of morpholine rings is 1. The van der Waals surface area contributed by atoms with E-state index in [2.05, 4.69) is 17.3 Å². The van der Waals surface area contributed by atoms with Crippen molar-refractivity contribution >= 4 is 28.5 Å². The average molecular weight is 422 g/mol. The summed E-state index contributed by atoms with van der Waals surface area (Å²) in [5.41, 5.74) is 1.20. The molecule has 3 heterocycles. The maximum absolute atomic E-state index is 12.7. The van der Waals surface area contributed by atoms with E-state index in [1.54, 1.807) is 6.07 Å². The number of benzene rings is 1. The van der Waals surface area contributed by atoms with Crippen LogP contribution in [0.3, 0.4) is 0 Å². The number of ether oxygens (including phenoxy) is 2. The molecule has 0 saturated carbocycles. The number of hydrogen-bond acceptors (Lipinski definition) is 7. The van der Waals surface area contributed by atoms with Gasteiger partial charge in [-0.25, -0.2) is 0 Å². The molecule has 2 aromatic rings. The number of halogens is 1. The molecule has 1 atom stereocenters. The van der Waals surface area contributed by atoms with Gasteiger partial charge in [-0.1, -0.05) is 11.6 Å². The second-order valence-corrected chi connectivity index (χ2v) is 8.20. The van der Waals surface area contributed by atoms with Gasteiger partial charge in [-0.15, -0.1) is 0 Å². The summed E-state index contributed by atoms with van der Waals surface area (Å²) in [7, 11) is 2.13. The Morgan fingerprint density at radius 2 is 2.07 bits per heavy atom. The smallest absolute Gasteiger partial charge is 0.200 e. The number of hydrogen-bond donors (Lipinski definition) is 1. The first-order chi connectivity index (χ1) is 14.0. The Morgan fingerprint density at radius 3 is 2.83 bits per heavy atom. The van der Waals surface area contributed by atoms with Gasteiger partial charge in [0.25, 0.3) is 0 Å². The molecule has 0 bridgehead atoms. The quantitative estimate of drug-likeness (QED) is 0.794. The molecule has 7 nitrogen and oxygen atoms in total. The van der Waals surface area contributed by atoms with E-state index >= 15 is 0 Å². The number of rotatable bonds is 5. The van der Waals surface area contributed by atoms with Crippen molar-refractivity contribution in [2.75, 3.05) is 64.5 Å². The lowest BCUT2D eigenvalue weighted by Crippen LogP contribution is -2.49. The molecule has 1 aromatic carbocycles. The predicted molar refractivity (Wildman–Crippen MR) is 115 cm³/mol. The van der Waals surface area contributed by atoms with Gasteiger partial charge in [0.2, 0.25) is 0 Å². The van der Waals surface area contributed by atoms with Crippen molar-refractivity contribution in [1.29, 1.82) is 0 Å². The summed E-state index contributed by atoms with van der Waals surface area (Å²) in [6, 6.07) is 3.59. The molecule has 29 heavy (non-hydrogen) atoms. The van der Waals surface area contributed by atoms with E-state index in [-0.39, 0.29) is 5.43 Å². The molecule has 2 fully saturated rings. The van der Waals surface area contributed by atoms with Crippen LogP contribution in [0.25, 0.3) is 11.0 Å². The van der Waals surface area contributed by atoms with Crippen LogP contribution in [0.5, 0.6) is 5.75 Å². The second-order valence-electron chi connectivity index (χ2n) is 7.79. The molecular weight excluding hydrogens is 394 g/mol. The monoisotopic (exact) mass is 421 g/mol. The van der Waals surface area contributed by atoms with Crippen molar-refractivity contribution in [3.05, 3.63) is 32.9 Å². The number of nitrogens with zero attached hydrogens (tertiary/aromatic N) is 2. The molecule has 1 unspecified atom stereocenters. The van der Waals surface area contributed by atoms with Crippen LogP contribution in [0.4, 0.5) is 5.88 Å². The first kappa shape index (κ1) is 20.5. The Hall–Kier alpha value is -1.80. The third-order valence-electron chi connectivity index (χ3n) is 5.63. The molecule has 2 aliphatic rings. The fraction of sp³-hybridized carbons (Fsp3) is 0.571. The van der Waals surface area contributed by atoms with Gasteiger partial charge in [0.15, 0.2) is 11.3 Å². The van der Waals surface area contributed by atoms with E-state index in [0.29, 0.717) is 66.6 Å². The number of piperazine rings is 1. The molecule has 2 aliphatic heterocycles. The van der Waals surface area contributed by atoms with Crippen LogP contribution >= 0.6 is 11.6 Å². The molecule has 1 N–H and O–H groups in total. The lowest BCUT2D eigenvalue weighted by molar-refractivity contribution is 0.121. The zero-order chi connectivity index (χ0) is 20.4. The van der Waals surface area contributed by atoms with Crippen LogP contribution in [0.2, 0.25) is 5.02 Å². The highest BCUT2D eigenvalue weighted by molar-refractivity contribution is 6.33. The van der Waals surface area contributed by atoms with E-state index in [1.807, 2.05) is 11.8 Å². The molecule has 158 valence electrons. The SMILES string of the molecule is Cc1c(OCCC2CN(C)CCN2)c(Cl)cc2c(=O)cc(N3CCOCC3)oc12. The average Bonchev–Trinajstić information content (AvgIpc) is 2.72. The van der Waals surface area contributed by atoms with E-state index in [9.17, 15) is 4.79 Å². The van der Waals surface area contributed by atoms with E-state index in [0.717, 1.165) is 31.6 Å². The van der Waals surface area contributed by atoms with Crippen molar-refractivity contribution in [1.82, 2.24) is 10.2 Å². The number of likely N-dealkylation sites (N-methyl/N-ethyl adjacent to an activating group) is 1. The molecule has 0 amide bonds. The summed E-state index contributed by atoms with van der Waals surface area (Å²) >= 11 is 6.46. The van der Waals surface area contributed by atoms with Crippen molar-refractivity contribution in [2.45, 2.75) is 19.4 Å². The minimum absolute atomic E-state index is 0.0984. The molecule has 8 heteroatoms. The second kappa shape index (κ2) is 8.92. The topological polar surface area (TPSA) is 67.2 Å². The lowest BCUT2D eigenvalue weighted by Gasteiger charge is -2.30. The number of aryl methyl sites for hydroxylation is 1. The van der Waals surface area contributed by atoms with Crippen LogP contribution in [0, 0.1) is 6.92 Å². The van der Waals surface area contributed by atoms with Gasteiger partial charge >= 0.3 is 0 Å². The Bertz CT molecular complexity index is 926. The Balaban J connectivity index is 1.56. The summed E-state index contributed by atoms with van der Waals surface area (Å²) in [5, 5.41) is 4.43. The fourth-order valence-corrected chi connectivity index (χ4v) is 4.29. The van der Waals surface area contributed by atoms with Gasteiger partial charge < -0.3 is 29.0 Å². The molecule has 0 radical (unpaired) electrons. The van der Waals surface area contributed by atoms with Crippen LogP contribution in [0.15, 0.2) is 21.3 Å². The maximum atomic E-state index is 12.7. The number of nitrogens with one attached hydrogen (secondary N) is 1. The number of fused-ring (bicyclic) bond motifs is 1. The summed E-state index contributed by atoms with van der Waals surface area (Å²) in [6.45, 7) is 8.16. The third-order valence-corrected chi connectivity index (χ3v) is 5.92. The van der Waals surface area contributed by atoms with E-state index in [1.165, 1.54) is 6.07 Å². The summed E-state index contributed by atoms with van der Waals surface area (Å²) in [5.74, 6) is 1.15. The highest BCUT2D eigenvalue weighted by atomic mass is 35.5. The molecule has 1 aromatic heterocycles. The Kier molecular flexibility index (Phi) is 6.29. The van der Waals surface area contributed by atoms with Crippen LogP contribution in [-0.4, -0.2) is 70.5 Å². The fourth-order valence-electron chi connectivity index (χ4n) is 3.99. The molecular formula is C21H28ClN3O4. The van der Waals surface area contributed by atoms with Gasteiger partial charge in [0, 0.05) is 50.4 Å². The van der Waals surface area contributed by atoms with Gasteiger partial charge in [0.05, 0.1) is 30.2 Å². The molecule has 2 saturated heterocycles. The minimum atomic E-state index is -0.0984. The van der Waals surface area contributed by atoms with Crippen molar-refractivity contribution in [3.63, 3.8) is 0 Å². The first-order valence-corrected chi connectivity index (χ1v) is 10.5. The highest BCUT2D eigenvalue weighted by Crippen LogP contribution is 2.35. The first-order valence-electron chi connectivity index (χ1n) is 10.2. The minimum Gasteiger partial charge on any atom is -0.492 e. The zero-order valence-electron chi connectivity index (χ0n) is 17.0. The van der Waals surface area contributed by atoms with E-state index < -0.39 is 0 Å². The molecule has 4 rings (SSSR count). The van der Waals surface area contributed by atoms with Crippen molar-refractivity contribution in [2.24, 2.45) is 0 Å². The summed E-state index contributed by atoms with van der Waals surface area (Å²) in [4.78, 5) is 17.0. The largest absolute Gasteiger partial charge is 0.492 e. The predicted octanol–water partition coefficient (Wildman–Crippen LogP) is 2.26. The van der Waals surface area contributed by atoms with Gasteiger partial charge in [-0.3, -0.25) is 4.79 Å². The Morgan fingerprint density at radius 1 is 1.28 bits per heavy atom. The normalized spacial score (nSPS) is 20.9. The lowest BCUT2D eigenvalue weighted by atomic mass is 10.1. The third kappa shape index (κ3) is 4.53. The van der Waals surface area contributed by atoms with Gasteiger partial charge in [0.1, 0.15) is 11.3 Å². The Labute approximate surface area is 175 Å². The number of anilines is 1. The summed E-state index contributed by atoms with van der Waals surface area (Å²) < 4.78 is 17.6. The van der Waals surface area contributed by atoms with Crippen molar-refractivity contribution < 1.29 is 13.9 Å².